The minimum atomic E-state index is -2.61. The maximum atomic E-state index is 13.9. The van der Waals surface area contributed by atoms with Gasteiger partial charge in [-0.05, 0) is 63.7 Å². The van der Waals surface area contributed by atoms with Crippen LogP contribution >= 0.6 is 0 Å². The van der Waals surface area contributed by atoms with Crippen molar-refractivity contribution in [1.29, 1.82) is 0 Å². The van der Waals surface area contributed by atoms with Gasteiger partial charge in [-0.25, -0.2) is 0 Å². The van der Waals surface area contributed by atoms with Crippen LogP contribution < -0.4 is 10.6 Å². The molecule has 6 N–H and O–H groups in total. The highest BCUT2D eigenvalue weighted by Gasteiger charge is 2.60. The lowest BCUT2D eigenvalue weighted by atomic mass is 9.59. The van der Waals surface area contributed by atoms with Gasteiger partial charge in [0.15, 0.2) is 11.4 Å². The smallest absolute Gasteiger partial charge is 0.255 e. The molecule has 1 fully saturated rings. The molecule has 0 saturated heterocycles. The van der Waals surface area contributed by atoms with Gasteiger partial charge in [-0.2, -0.15) is 0 Å². The minimum Gasteiger partial charge on any atom is -0.508 e. The number of hydrogen-bond acceptors (Lipinski definition) is 11. The number of aliphatic hydroxyl groups excluding tert-OH is 2. The Balaban J connectivity index is 1.60. The highest BCUT2D eigenvalue weighted by molar-refractivity contribution is 6.22. The van der Waals surface area contributed by atoms with E-state index in [1.165, 1.54) is 0 Å². The van der Waals surface area contributed by atoms with Gasteiger partial charge in [-0.3, -0.25) is 19.3 Å². The summed E-state index contributed by atoms with van der Waals surface area (Å²) in [4.78, 5) is 44.4. The highest BCUT2D eigenvalue weighted by atomic mass is 16.4. The Hall–Kier alpha value is -4.13. The SMILES string of the molecule is CN(C)CCN(C)Cc1ccc(-c2cc(N(C)C)c3c(c2O)C(O)=C2C(=O)[C@]4(O)C(O)=C(C(N)=O)C(=O)C[C@@H]4C[C@@H]2C3)o1. The van der Waals surface area contributed by atoms with Gasteiger partial charge in [0.05, 0.1) is 17.7 Å². The van der Waals surface area contributed by atoms with Crippen molar-refractivity contribution in [3.63, 3.8) is 0 Å². The molecule has 1 saturated carbocycles. The number of primary amides is 1. The summed E-state index contributed by atoms with van der Waals surface area (Å²) < 4.78 is 6.11. The van der Waals surface area contributed by atoms with E-state index >= 15 is 0 Å². The first kappa shape index (κ1) is 30.3. The second kappa shape index (κ2) is 10.9. The first-order chi connectivity index (χ1) is 20.2. The molecule has 1 heterocycles. The number of aromatic hydroxyl groups is 1. The zero-order valence-electron chi connectivity index (χ0n) is 25.0. The van der Waals surface area contributed by atoms with Crippen molar-refractivity contribution in [1.82, 2.24) is 9.80 Å². The molecule has 230 valence electrons. The number of Topliss-reactive ketones (excluding diaryl/α,β-unsaturated/α-hetero) is 2. The van der Waals surface area contributed by atoms with E-state index in [1.54, 1.807) is 12.1 Å². The van der Waals surface area contributed by atoms with Crippen LogP contribution in [0, 0.1) is 11.8 Å². The zero-order chi connectivity index (χ0) is 31.5. The molecule has 3 aliphatic rings. The van der Waals surface area contributed by atoms with E-state index in [4.69, 9.17) is 10.2 Å². The molecular formula is C31H38N4O8. The third-order valence-corrected chi connectivity index (χ3v) is 8.80. The molecule has 3 atom stereocenters. The number of nitrogens with two attached hydrogens (primary N) is 1. The Kier molecular flexibility index (Phi) is 7.66. The summed E-state index contributed by atoms with van der Waals surface area (Å²) in [5.41, 5.74) is 3.26. The predicted octanol–water partition coefficient (Wildman–Crippen LogP) is 1.74. The van der Waals surface area contributed by atoms with Crippen LogP contribution in [0.15, 0.2) is 39.5 Å². The first-order valence-corrected chi connectivity index (χ1v) is 14.1. The van der Waals surface area contributed by atoms with E-state index in [0.717, 1.165) is 13.1 Å². The van der Waals surface area contributed by atoms with E-state index in [-0.39, 0.29) is 36.1 Å². The third-order valence-electron chi connectivity index (χ3n) is 8.80. The second-order valence-electron chi connectivity index (χ2n) is 12.3. The molecule has 1 aromatic carbocycles. The van der Waals surface area contributed by atoms with Crippen molar-refractivity contribution in [2.45, 2.75) is 31.4 Å². The largest absolute Gasteiger partial charge is 0.508 e. The Labute approximate surface area is 249 Å². The highest BCUT2D eigenvalue weighted by Crippen LogP contribution is 2.54. The molecule has 0 spiro atoms. The molecular weight excluding hydrogens is 556 g/mol. The van der Waals surface area contributed by atoms with Gasteiger partial charge in [0, 0.05) is 50.8 Å². The lowest BCUT2D eigenvalue weighted by Gasteiger charge is -2.46. The van der Waals surface area contributed by atoms with Gasteiger partial charge in [-0.1, -0.05) is 0 Å². The maximum absolute atomic E-state index is 13.9. The number of phenolic OH excluding ortho intramolecular Hbond substituents is 1. The number of amides is 1. The predicted molar refractivity (Wildman–Crippen MR) is 158 cm³/mol. The molecule has 0 unspecified atom stereocenters. The molecule has 43 heavy (non-hydrogen) atoms. The average molecular weight is 595 g/mol. The number of carbonyl (C=O) groups excluding carboxylic acids is 3. The molecule has 0 aliphatic heterocycles. The number of ketones is 2. The number of nitrogens with zero attached hydrogens (tertiary/aromatic N) is 3. The number of benzene rings is 1. The minimum absolute atomic E-state index is 0.0226. The Morgan fingerprint density at radius 2 is 1.77 bits per heavy atom. The number of rotatable bonds is 8. The summed E-state index contributed by atoms with van der Waals surface area (Å²) in [5, 5.41) is 45.5. The fourth-order valence-electron chi connectivity index (χ4n) is 6.58. The fourth-order valence-corrected chi connectivity index (χ4v) is 6.58. The quantitative estimate of drug-likeness (QED) is 0.281. The number of likely N-dealkylation sites (N-methyl/N-ethyl adjacent to an activating group) is 2. The van der Waals surface area contributed by atoms with E-state index in [2.05, 4.69) is 9.80 Å². The van der Waals surface area contributed by atoms with Crippen molar-refractivity contribution in [3.8, 4) is 17.1 Å². The van der Waals surface area contributed by atoms with E-state index in [0.29, 0.717) is 34.9 Å². The van der Waals surface area contributed by atoms with Gasteiger partial charge in [0.1, 0.15) is 34.4 Å². The molecule has 2 aromatic rings. The van der Waals surface area contributed by atoms with Crippen molar-refractivity contribution < 1.29 is 39.2 Å². The van der Waals surface area contributed by atoms with Crippen LogP contribution in [-0.4, -0.2) is 102 Å². The summed E-state index contributed by atoms with van der Waals surface area (Å²) in [5.74, 6) is -5.56. The Morgan fingerprint density at radius 1 is 1.07 bits per heavy atom. The van der Waals surface area contributed by atoms with Crippen molar-refractivity contribution in [3.05, 3.63) is 52.0 Å². The summed E-state index contributed by atoms with van der Waals surface area (Å²) >= 11 is 0. The van der Waals surface area contributed by atoms with Gasteiger partial charge in [-0.15, -0.1) is 0 Å². The van der Waals surface area contributed by atoms with Crippen LogP contribution in [0.25, 0.3) is 17.1 Å². The van der Waals surface area contributed by atoms with Crippen LogP contribution in [0.2, 0.25) is 0 Å². The van der Waals surface area contributed by atoms with E-state index < -0.39 is 52.0 Å². The van der Waals surface area contributed by atoms with Gasteiger partial charge >= 0.3 is 0 Å². The lowest BCUT2D eigenvalue weighted by Crippen LogP contribution is -2.58. The van der Waals surface area contributed by atoms with Crippen LogP contribution in [-0.2, 0) is 27.3 Å². The monoisotopic (exact) mass is 594 g/mol. The Morgan fingerprint density at radius 3 is 2.40 bits per heavy atom. The number of anilines is 1. The van der Waals surface area contributed by atoms with Crippen LogP contribution in [0.4, 0.5) is 5.69 Å². The molecule has 3 aliphatic carbocycles. The number of fused-ring (bicyclic) bond motifs is 3. The van der Waals surface area contributed by atoms with Gasteiger partial charge < -0.3 is 40.4 Å². The molecule has 1 aromatic heterocycles. The third kappa shape index (κ3) is 4.89. The molecule has 1 amide bonds. The molecule has 0 bridgehead atoms. The standard InChI is InChI=1S/C31H38N4O8/c1-33(2)8-9-35(5)14-17-6-7-22(43-17)19-13-20(34(3)4)18-11-15-10-16-12-21(36)25(30(32)41)29(40)31(16,42)28(39)23(15)27(38)24(18)26(19)37/h6-7,13,15-16,37-38,40,42H,8-12,14H2,1-5H3,(H2,32,41)/t15-,16+,31+/m1/s1. The molecule has 0 radical (unpaired) electrons. The number of hydrogen-bond donors (Lipinski definition) is 5. The summed E-state index contributed by atoms with van der Waals surface area (Å²) in [6, 6.07) is 5.32. The molecule has 12 nitrogen and oxygen atoms in total. The summed E-state index contributed by atoms with van der Waals surface area (Å²) in [6.07, 6.45) is -0.0745. The van der Waals surface area contributed by atoms with Crippen molar-refractivity contribution >= 4 is 28.9 Å². The number of furan rings is 1. The molecule has 12 heteroatoms. The normalized spacial score (nSPS) is 23.5. The topological polar surface area (TPSA) is 181 Å². The van der Waals surface area contributed by atoms with Crippen LogP contribution in [0.3, 0.4) is 0 Å². The lowest BCUT2D eigenvalue weighted by molar-refractivity contribution is -0.147. The number of aliphatic hydroxyl groups is 3. The first-order valence-electron chi connectivity index (χ1n) is 14.1. The summed E-state index contributed by atoms with van der Waals surface area (Å²) in [7, 11) is 9.62. The van der Waals surface area contributed by atoms with Crippen LogP contribution in [0.1, 0.15) is 29.7 Å². The van der Waals surface area contributed by atoms with Crippen molar-refractivity contribution in [2.24, 2.45) is 17.6 Å². The maximum Gasteiger partial charge on any atom is 0.255 e. The fraction of sp³-hybridized carbons (Fsp3) is 0.452. The van der Waals surface area contributed by atoms with E-state index in [1.807, 2.05) is 46.2 Å². The average Bonchev–Trinajstić information content (AvgIpc) is 3.37. The number of carbonyl (C=O) groups is 3. The van der Waals surface area contributed by atoms with E-state index in [9.17, 15) is 34.8 Å². The van der Waals surface area contributed by atoms with Crippen LogP contribution in [0.5, 0.6) is 5.75 Å². The second-order valence-corrected chi connectivity index (χ2v) is 12.3. The van der Waals surface area contributed by atoms with Gasteiger partial charge in [0.25, 0.3) is 5.91 Å². The summed E-state index contributed by atoms with van der Waals surface area (Å²) in [6.45, 7) is 2.23. The number of phenols is 1. The molecule has 5 rings (SSSR count). The van der Waals surface area contributed by atoms with Crippen molar-refractivity contribution in [2.75, 3.05) is 53.2 Å². The Bertz CT molecular complexity index is 1590. The van der Waals surface area contributed by atoms with Gasteiger partial charge in [0.2, 0.25) is 5.78 Å². The zero-order valence-corrected chi connectivity index (χ0v) is 25.0.